The van der Waals surface area contributed by atoms with Crippen molar-refractivity contribution in [1.29, 1.82) is 5.26 Å². The molecule has 4 nitrogen and oxygen atoms in total. The number of para-hydroxylation sites is 4. The van der Waals surface area contributed by atoms with E-state index in [1.807, 2.05) is 12.1 Å². The Morgan fingerprint density at radius 3 is 1.21 bits per heavy atom. The molecule has 0 aliphatic heterocycles. The summed E-state index contributed by atoms with van der Waals surface area (Å²) in [5.74, 6) is 0. The fourth-order valence-corrected chi connectivity index (χ4v) is 8.53. The van der Waals surface area contributed by atoms with Gasteiger partial charge in [0.15, 0.2) is 0 Å². The fraction of sp³-hybridized carbons (Fsp3) is 0. The van der Waals surface area contributed by atoms with E-state index < -0.39 is 0 Å². The summed E-state index contributed by atoms with van der Waals surface area (Å²) in [5.41, 5.74) is 13.3. The lowest BCUT2D eigenvalue weighted by atomic mass is 10.0. The molecule has 0 unspecified atom stereocenters. The van der Waals surface area contributed by atoms with Gasteiger partial charge in [-0.25, -0.2) is 0 Å². The highest BCUT2D eigenvalue weighted by atomic mass is 15.0. The van der Waals surface area contributed by atoms with Gasteiger partial charge in [0.2, 0.25) is 0 Å². The molecule has 11 aromatic rings. The molecule has 0 saturated heterocycles. The van der Waals surface area contributed by atoms with Crippen LogP contribution in [-0.2, 0) is 0 Å². The van der Waals surface area contributed by atoms with Crippen LogP contribution >= 0.6 is 0 Å². The maximum absolute atomic E-state index is 9.65. The first-order chi connectivity index (χ1) is 26.2. The number of rotatable bonds is 4. The second-order valence-electron chi connectivity index (χ2n) is 13.7. The fourth-order valence-electron chi connectivity index (χ4n) is 8.53. The Bertz CT molecular complexity index is 3300. The Morgan fingerprint density at radius 2 is 0.698 bits per heavy atom. The van der Waals surface area contributed by atoms with Gasteiger partial charge in [0.25, 0.3) is 0 Å². The monoisotopic (exact) mass is 674 g/mol. The SMILES string of the molecule is N#Cc1ccc2c(c1)c1ccccc1n2-c1cccc(-n2c3ccccc3c3cc(-c4ccc5c(c4)c4ccccc4n5-c4ccccc4)ccc32)c1. The number of aromatic nitrogens is 3. The van der Waals surface area contributed by atoms with Crippen LogP contribution < -0.4 is 0 Å². The quantitative estimate of drug-likeness (QED) is 0.183. The Kier molecular flexibility index (Phi) is 6.28. The zero-order valence-electron chi connectivity index (χ0n) is 28.6. The molecule has 53 heavy (non-hydrogen) atoms. The largest absolute Gasteiger partial charge is 0.309 e. The van der Waals surface area contributed by atoms with Crippen molar-refractivity contribution in [2.45, 2.75) is 0 Å². The molecule has 0 atom stereocenters. The minimum absolute atomic E-state index is 0.665. The van der Waals surface area contributed by atoms with Crippen LogP contribution in [0.15, 0.2) is 182 Å². The zero-order chi connectivity index (χ0) is 35.0. The van der Waals surface area contributed by atoms with Gasteiger partial charge < -0.3 is 13.7 Å². The number of nitrogens with zero attached hydrogens (tertiary/aromatic N) is 4. The van der Waals surface area contributed by atoms with Gasteiger partial charge in [-0.1, -0.05) is 91.0 Å². The van der Waals surface area contributed by atoms with E-state index in [1.165, 1.54) is 49.2 Å². The van der Waals surface area contributed by atoms with Gasteiger partial charge >= 0.3 is 0 Å². The third kappa shape index (κ3) is 4.35. The van der Waals surface area contributed by atoms with E-state index in [9.17, 15) is 5.26 Å². The third-order valence-electron chi connectivity index (χ3n) is 10.8. The van der Waals surface area contributed by atoms with Crippen molar-refractivity contribution < 1.29 is 0 Å². The first-order valence-corrected chi connectivity index (χ1v) is 17.9. The van der Waals surface area contributed by atoms with Gasteiger partial charge in [-0.15, -0.1) is 0 Å². The molecular formula is C49H30N4. The lowest BCUT2D eigenvalue weighted by Crippen LogP contribution is -1.98. The molecular weight excluding hydrogens is 645 g/mol. The Morgan fingerprint density at radius 1 is 0.302 bits per heavy atom. The number of hydrogen-bond acceptors (Lipinski definition) is 1. The summed E-state index contributed by atoms with van der Waals surface area (Å²) in [6.45, 7) is 0. The summed E-state index contributed by atoms with van der Waals surface area (Å²) in [7, 11) is 0. The molecule has 4 heteroatoms. The summed E-state index contributed by atoms with van der Waals surface area (Å²) >= 11 is 0. The first-order valence-electron chi connectivity index (χ1n) is 17.9. The molecule has 0 saturated carbocycles. The lowest BCUT2D eigenvalue weighted by molar-refractivity contribution is 1.13. The molecule has 0 radical (unpaired) electrons. The van der Waals surface area contributed by atoms with E-state index in [2.05, 4.69) is 190 Å². The molecule has 246 valence electrons. The number of nitriles is 1. The Labute approximate surface area is 305 Å². The van der Waals surface area contributed by atoms with Gasteiger partial charge in [-0.05, 0) is 102 Å². The van der Waals surface area contributed by atoms with Crippen molar-refractivity contribution in [3.63, 3.8) is 0 Å². The molecule has 3 aromatic heterocycles. The minimum Gasteiger partial charge on any atom is -0.309 e. The average molecular weight is 675 g/mol. The maximum Gasteiger partial charge on any atom is 0.0991 e. The van der Waals surface area contributed by atoms with Crippen molar-refractivity contribution in [1.82, 2.24) is 13.7 Å². The highest BCUT2D eigenvalue weighted by Crippen LogP contribution is 2.39. The summed E-state index contributed by atoms with van der Waals surface area (Å²) in [6.07, 6.45) is 0. The predicted molar refractivity (Wildman–Crippen MR) is 220 cm³/mol. The number of fused-ring (bicyclic) bond motifs is 9. The van der Waals surface area contributed by atoms with E-state index in [0.717, 1.165) is 44.4 Å². The summed E-state index contributed by atoms with van der Waals surface area (Å²) in [4.78, 5) is 0. The van der Waals surface area contributed by atoms with Crippen LogP contribution in [0.5, 0.6) is 0 Å². The second kappa shape index (κ2) is 11.3. The van der Waals surface area contributed by atoms with Gasteiger partial charge in [0, 0.05) is 49.4 Å². The van der Waals surface area contributed by atoms with Crippen molar-refractivity contribution in [3.05, 3.63) is 188 Å². The maximum atomic E-state index is 9.65. The van der Waals surface area contributed by atoms with E-state index >= 15 is 0 Å². The van der Waals surface area contributed by atoms with E-state index in [1.54, 1.807) is 0 Å². The van der Waals surface area contributed by atoms with Gasteiger partial charge in [0.05, 0.1) is 44.7 Å². The topological polar surface area (TPSA) is 38.6 Å². The highest BCUT2D eigenvalue weighted by Gasteiger charge is 2.18. The smallest absolute Gasteiger partial charge is 0.0991 e. The zero-order valence-corrected chi connectivity index (χ0v) is 28.6. The molecule has 0 N–H and O–H groups in total. The van der Waals surface area contributed by atoms with Crippen LogP contribution in [0.2, 0.25) is 0 Å². The number of benzene rings is 8. The van der Waals surface area contributed by atoms with Crippen molar-refractivity contribution >= 4 is 65.4 Å². The lowest BCUT2D eigenvalue weighted by Gasteiger charge is -2.13. The van der Waals surface area contributed by atoms with Crippen LogP contribution in [0.25, 0.3) is 93.6 Å². The van der Waals surface area contributed by atoms with Crippen LogP contribution in [0.1, 0.15) is 5.56 Å². The molecule has 11 rings (SSSR count). The normalized spacial score (nSPS) is 11.8. The van der Waals surface area contributed by atoms with Crippen LogP contribution in [0.4, 0.5) is 0 Å². The van der Waals surface area contributed by atoms with Crippen molar-refractivity contribution in [2.75, 3.05) is 0 Å². The van der Waals surface area contributed by atoms with Crippen molar-refractivity contribution in [3.8, 4) is 34.3 Å². The van der Waals surface area contributed by atoms with Crippen LogP contribution in [0, 0.1) is 11.3 Å². The van der Waals surface area contributed by atoms with Crippen molar-refractivity contribution in [2.24, 2.45) is 0 Å². The number of hydrogen-bond donors (Lipinski definition) is 0. The first kappa shape index (κ1) is 29.4. The van der Waals surface area contributed by atoms with Gasteiger partial charge in [-0.2, -0.15) is 5.26 Å². The molecule has 0 aliphatic carbocycles. The molecule has 0 fully saturated rings. The summed E-state index contributed by atoms with van der Waals surface area (Å²) in [6, 6.07) is 67.3. The van der Waals surface area contributed by atoms with E-state index in [-0.39, 0.29) is 0 Å². The highest BCUT2D eigenvalue weighted by molar-refractivity contribution is 6.13. The van der Waals surface area contributed by atoms with E-state index in [0.29, 0.717) is 5.56 Å². The van der Waals surface area contributed by atoms with Crippen LogP contribution in [-0.4, -0.2) is 13.7 Å². The summed E-state index contributed by atoms with van der Waals surface area (Å²) in [5, 5.41) is 16.8. The molecule has 0 aliphatic rings. The predicted octanol–water partition coefficient (Wildman–Crippen LogP) is 12.5. The van der Waals surface area contributed by atoms with E-state index in [4.69, 9.17) is 0 Å². The standard InChI is InChI=1S/C49H30N4/c50-31-32-21-24-47-41(27-32)38-15-4-8-19-45(38)52(47)36-13-10-14-37(30-36)53-46-20-9-6-17-40(46)43-29-34(23-26-49(43)53)33-22-25-48-42(28-33)39-16-5-7-18-44(39)51(48)35-11-2-1-3-12-35/h1-30H. The minimum atomic E-state index is 0.665. The Hall–Kier alpha value is -7.35. The third-order valence-corrected chi connectivity index (χ3v) is 10.8. The molecule has 0 bridgehead atoms. The Balaban J connectivity index is 1.08. The van der Waals surface area contributed by atoms with Crippen LogP contribution in [0.3, 0.4) is 0 Å². The summed E-state index contributed by atoms with van der Waals surface area (Å²) < 4.78 is 7.06. The second-order valence-corrected chi connectivity index (χ2v) is 13.7. The molecule has 8 aromatic carbocycles. The molecule has 0 amide bonds. The van der Waals surface area contributed by atoms with Gasteiger partial charge in [-0.3, -0.25) is 0 Å². The average Bonchev–Trinajstić information content (AvgIpc) is 3.86. The molecule has 3 heterocycles. The van der Waals surface area contributed by atoms with Gasteiger partial charge in [0.1, 0.15) is 0 Å². The molecule has 0 spiro atoms.